The highest BCUT2D eigenvalue weighted by molar-refractivity contribution is 5.82. The molecule has 0 nitrogen and oxygen atoms in total. The van der Waals surface area contributed by atoms with Crippen LogP contribution in [0.1, 0.15) is 45.6 Å². The van der Waals surface area contributed by atoms with Crippen molar-refractivity contribution in [1.29, 1.82) is 0 Å². The molecular formula is C17H24. The average molecular weight is 228 g/mol. The first-order chi connectivity index (χ1) is 8.40. The van der Waals surface area contributed by atoms with Crippen LogP contribution in [0.15, 0.2) is 42.5 Å². The molecule has 0 saturated carbocycles. The Labute approximate surface area is 106 Å². The Kier molecular flexibility index (Phi) is 6.39. The zero-order valence-electron chi connectivity index (χ0n) is 11.4. The van der Waals surface area contributed by atoms with Crippen LogP contribution in [0.3, 0.4) is 0 Å². The van der Waals surface area contributed by atoms with Crippen LogP contribution in [0, 0.1) is 0 Å². The van der Waals surface area contributed by atoms with Gasteiger partial charge in [-0.25, -0.2) is 0 Å². The highest BCUT2D eigenvalue weighted by Crippen LogP contribution is 2.17. The number of fused-ring (bicyclic) bond motifs is 1. The molecule has 0 aliphatic rings. The molecule has 0 saturated heterocycles. The molecule has 2 rings (SSSR count). The van der Waals surface area contributed by atoms with Crippen LogP contribution >= 0.6 is 0 Å². The van der Waals surface area contributed by atoms with Crippen LogP contribution in [0.5, 0.6) is 0 Å². The second-order valence-corrected chi connectivity index (χ2v) is 4.14. The van der Waals surface area contributed by atoms with Gasteiger partial charge in [-0.1, -0.05) is 76.1 Å². The first-order valence-corrected chi connectivity index (χ1v) is 6.88. The normalized spacial score (nSPS) is 9.82. The summed E-state index contributed by atoms with van der Waals surface area (Å²) in [6.45, 7) is 6.25. The van der Waals surface area contributed by atoms with Crippen LogP contribution < -0.4 is 0 Å². The fourth-order valence-corrected chi connectivity index (χ4v) is 1.97. The quantitative estimate of drug-likeness (QED) is 0.598. The third kappa shape index (κ3) is 4.22. The van der Waals surface area contributed by atoms with E-state index in [4.69, 9.17) is 0 Å². The third-order valence-electron chi connectivity index (χ3n) is 2.88. The Balaban J connectivity index is 0.000000686. The van der Waals surface area contributed by atoms with Gasteiger partial charge in [0.15, 0.2) is 0 Å². The van der Waals surface area contributed by atoms with Crippen LogP contribution in [0.4, 0.5) is 0 Å². The minimum Gasteiger partial charge on any atom is -0.0683 e. The molecule has 0 unspecified atom stereocenters. The lowest BCUT2D eigenvalue weighted by atomic mass is 10.0. The summed E-state index contributed by atoms with van der Waals surface area (Å²) in [5.41, 5.74) is 1.47. The van der Waals surface area contributed by atoms with Gasteiger partial charge < -0.3 is 0 Å². The maximum Gasteiger partial charge on any atom is -0.0181 e. The number of aryl methyl sites for hydroxylation is 1. The molecule has 0 heteroatoms. The van der Waals surface area contributed by atoms with E-state index in [1.54, 1.807) is 0 Å². The summed E-state index contributed by atoms with van der Waals surface area (Å²) < 4.78 is 0. The van der Waals surface area contributed by atoms with Gasteiger partial charge in [-0.15, -0.1) is 0 Å². The minimum absolute atomic E-state index is 1.22. The van der Waals surface area contributed by atoms with Gasteiger partial charge in [-0.3, -0.25) is 0 Å². The molecule has 2 aromatic carbocycles. The summed E-state index contributed by atoms with van der Waals surface area (Å²) in [6, 6.07) is 15.4. The predicted molar refractivity (Wildman–Crippen MR) is 78.5 cm³/mol. The smallest absolute Gasteiger partial charge is 0.0181 e. The fourth-order valence-electron chi connectivity index (χ4n) is 1.97. The summed E-state index contributed by atoms with van der Waals surface area (Å²) in [5, 5.41) is 2.71. The SMILES string of the molecule is CC.CCCCCc1ccc2ccccc2c1. The number of hydrogen-bond acceptors (Lipinski definition) is 0. The Morgan fingerprint density at radius 1 is 0.824 bits per heavy atom. The van der Waals surface area contributed by atoms with Gasteiger partial charge in [0.05, 0.1) is 0 Å². The molecule has 0 bridgehead atoms. The molecule has 0 spiro atoms. The highest BCUT2D eigenvalue weighted by Gasteiger charge is 1.95. The molecular weight excluding hydrogens is 204 g/mol. The number of rotatable bonds is 4. The standard InChI is InChI=1S/C15H18.C2H6/c1-2-3-4-7-13-10-11-14-8-5-6-9-15(14)12-13;1-2/h5-6,8-12H,2-4,7H2,1H3;1-2H3. The minimum atomic E-state index is 1.22. The van der Waals surface area contributed by atoms with Crippen molar-refractivity contribution in [2.45, 2.75) is 46.5 Å². The van der Waals surface area contributed by atoms with Crippen molar-refractivity contribution >= 4 is 10.8 Å². The zero-order chi connectivity index (χ0) is 12.5. The topological polar surface area (TPSA) is 0 Å². The Morgan fingerprint density at radius 3 is 2.24 bits per heavy atom. The molecule has 0 atom stereocenters. The van der Waals surface area contributed by atoms with Crippen molar-refractivity contribution in [1.82, 2.24) is 0 Å². The predicted octanol–water partition coefficient (Wildman–Crippen LogP) is 5.60. The van der Waals surface area contributed by atoms with Crippen LogP contribution in [-0.2, 0) is 6.42 Å². The number of unbranched alkanes of at least 4 members (excludes halogenated alkanes) is 2. The number of benzene rings is 2. The van der Waals surface area contributed by atoms with E-state index in [-0.39, 0.29) is 0 Å². The Hall–Kier alpha value is -1.30. The van der Waals surface area contributed by atoms with E-state index >= 15 is 0 Å². The van der Waals surface area contributed by atoms with Gasteiger partial charge in [-0.2, -0.15) is 0 Å². The van der Waals surface area contributed by atoms with E-state index in [0.29, 0.717) is 0 Å². The van der Waals surface area contributed by atoms with E-state index in [9.17, 15) is 0 Å². The van der Waals surface area contributed by atoms with Gasteiger partial charge in [0, 0.05) is 0 Å². The number of hydrogen-bond donors (Lipinski definition) is 0. The molecule has 0 N–H and O–H groups in total. The van der Waals surface area contributed by atoms with Crippen molar-refractivity contribution in [2.75, 3.05) is 0 Å². The van der Waals surface area contributed by atoms with Gasteiger partial charge >= 0.3 is 0 Å². The summed E-state index contributed by atoms with van der Waals surface area (Å²) >= 11 is 0. The van der Waals surface area contributed by atoms with Crippen molar-refractivity contribution in [3.63, 3.8) is 0 Å². The first-order valence-electron chi connectivity index (χ1n) is 6.88. The van der Waals surface area contributed by atoms with Crippen molar-refractivity contribution in [2.24, 2.45) is 0 Å². The molecule has 0 fully saturated rings. The highest BCUT2D eigenvalue weighted by atomic mass is 14.0. The molecule has 0 heterocycles. The van der Waals surface area contributed by atoms with E-state index in [1.165, 1.54) is 42.0 Å². The van der Waals surface area contributed by atoms with E-state index < -0.39 is 0 Å². The van der Waals surface area contributed by atoms with E-state index in [1.807, 2.05) is 13.8 Å². The molecule has 17 heavy (non-hydrogen) atoms. The molecule has 92 valence electrons. The lowest BCUT2D eigenvalue weighted by molar-refractivity contribution is 0.718. The van der Waals surface area contributed by atoms with Crippen molar-refractivity contribution in [3.05, 3.63) is 48.0 Å². The molecule has 0 radical (unpaired) electrons. The van der Waals surface area contributed by atoms with Crippen molar-refractivity contribution in [3.8, 4) is 0 Å². The first kappa shape index (κ1) is 13.8. The van der Waals surface area contributed by atoms with Gasteiger partial charge in [0.25, 0.3) is 0 Å². The zero-order valence-corrected chi connectivity index (χ0v) is 11.4. The molecule has 0 aliphatic heterocycles. The van der Waals surface area contributed by atoms with E-state index in [0.717, 1.165) is 0 Å². The van der Waals surface area contributed by atoms with Crippen LogP contribution in [0.2, 0.25) is 0 Å². The fraction of sp³-hybridized carbons (Fsp3) is 0.412. The molecule has 2 aromatic rings. The van der Waals surface area contributed by atoms with Gasteiger partial charge in [-0.05, 0) is 29.2 Å². The Bertz CT molecular complexity index is 429. The van der Waals surface area contributed by atoms with Crippen molar-refractivity contribution < 1.29 is 0 Å². The third-order valence-corrected chi connectivity index (χ3v) is 2.88. The maximum atomic E-state index is 2.32. The van der Waals surface area contributed by atoms with Crippen LogP contribution in [0.25, 0.3) is 10.8 Å². The Morgan fingerprint density at radius 2 is 1.53 bits per heavy atom. The lowest BCUT2D eigenvalue weighted by Crippen LogP contribution is -1.85. The van der Waals surface area contributed by atoms with E-state index in [2.05, 4.69) is 49.4 Å². The monoisotopic (exact) mass is 228 g/mol. The molecule has 0 amide bonds. The summed E-state index contributed by atoms with van der Waals surface area (Å²) in [4.78, 5) is 0. The summed E-state index contributed by atoms with van der Waals surface area (Å²) in [6.07, 6.45) is 5.17. The molecule has 0 aromatic heterocycles. The summed E-state index contributed by atoms with van der Waals surface area (Å²) in [5.74, 6) is 0. The lowest BCUT2D eigenvalue weighted by Gasteiger charge is -2.03. The van der Waals surface area contributed by atoms with Gasteiger partial charge in [0.2, 0.25) is 0 Å². The van der Waals surface area contributed by atoms with Gasteiger partial charge in [0.1, 0.15) is 0 Å². The molecule has 0 aliphatic carbocycles. The second-order valence-electron chi connectivity index (χ2n) is 4.14. The summed E-state index contributed by atoms with van der Waals surface area (Å²) in [7, 11) is 0. The average Bonchev–Trinajstić information content (AvgIpc) is 2.41. The second kappa shape index (κ2) is 7.89. The largest absolute Gasteiger partial charge is 0.0683 e. The van der Waals surface area contributed by atoms with Crippen LogP contribution in [-0.4, -0.2) is 0 Å². The maximum absolute atomic E-state index is 2.32.